The Morgan fingerprint density at radius 1 is 0.938 bits per heavy atom. The molecule has 0 radical (unpaired) electrons. The summed E-state index contributed by atoms with van der Waals surface area (Å²) in [4.78, 5) is 23.1. The lowest BCUT2D eigenvalue weighted by molar-refractivity contribution is -0.125. The molecule has 0 heterocycles. The van der Waals surface area contributed by atoms with Crippen LogP contribution in [0.15, 0.2) is 0 Å². The second-order valence-corrected chi connectivity index (χ2v) is 5.66. The second-order valence-electron chi connectivity index (χ2n) is 5.66. The van der Waals surface area contributed by atoms with E-state index in [0.717, 1.165) is 25.7 Å². The third-order valence-corrected chi connectivity index (χ3v) is 4.07. The molecule has 0 amide bonds. The standard InChI is InChI=1S/C14H24O2/c1-9-7-10(2)14(12(4)16)6-5-13(8-9)11(3)15/h9-10,13-14H,5-8H2,1-4H3. The van der Waals surface area contributed by atoms with E-state index in [1.54, 1.807) is 13.8 Å². The zero-order valence-electron chi connectivity index (χ0n) is 11.0. The molecule has 0 saturated heterocycles. The Balaban J connectivity index is 2.73. The van der Waals surface area contributed by atoms with Gasteiger partial charge in [0.15, 0.2) is 0 Å². The van der Waals surface area contributed by atoms with Crippen molar-refractivity contribution in [1.29, 1.82) is 0 Å². The average Bonchev–Trinajstić information content (AvgIpc) is 2.12. The van der Waals surface area contributed by atoms with Crippen molar-refractivity contribution in [2.24, 2.45) is 23.7 Å². The van der Waals surface area contributed by atoms with Crippen molar-refractivity contribution in [3.05, 3.63) is 0 Å². The molecule has 2 nitrogen and oxygen atoms in total. The highest BCUT2D eigenvalue weighted by Crippen LogP contribution is 2.34. The molecule has 0 spiro atoms. The van der Waals surface area contributed by atoms with Crippen molar-refractivity contribution < 1.29 is 9.59 Å². The van der Waals surface area contributed by atoms with Crippen LogP contribution in [0.3, 0.4) is 0 Å². The highest BCUT2D eigenvalue weighted by molar-refractivity contribution is 5.80. The number of rotatable bonds is 2. The fraction of sp³-hybridized carbons (Fsp3) is 0.857. The summed E-state index contributed by atoms with van der Waals surface area (Å²) in [5, 5.41) is 0. The molecule has 4 unspecified atom stereocenters. The number of carbonyl (C=O) groups is 2. The van der Waals surface area contributed by atoms with Crippen LogP contribution in [0.4, 0.5) is 0 Å². The quantitative estimate of drug-likeness (QED) is 0.721. The first-order valence-electron chi connectivity index (χ1n) is 6.42. The number of carbonyl (C=O) groups excluding carboxylic acids is 2. The molecule has 0 aromatic carbocycles. The molecule has 1 aliphatic rings. The summed E-state index contributed by atoms with van der Waals surface area (Å²) < 4.78 is 0. The van der Waals surface area contributed by atoms with Crippen LogP contribution in [0, 0.1) is 23.7 Å². The van der Waals surface area contributed by atoms with E-state index in [9.17, 15) is 9.59 Å². The predicted octanol–water partition coefficient (Wildman–Crippen LogP) is 3.24. The van der Waals surface area contributed by atoms with E-state index in [0.29, 0.717) is 23.4 Å². The number of ketones is 2. The summed E-state index contributed by atoms with van der Waals surface area (Å²) in [5.74, 6) is 1.98. The van der Waals surface area contributed by atoms with E-state index in [4.69, 9.17) is 0 Å². The Hall–Kier alpha value is -0.660. The largest absolute Gasteiger partial charge is 0.300 e. The van der Waals surface area contributed by atoms with E-state index >= 15 is 0 Å². The molecule has 0 aromatic heterocycles. The lowest BCUT2D eigenvalue weighted by atomic mass is 9.73. The van der Waals surface area contributed by atoms with Crippen LogP contribution in [-0.4, -0.2) is 11.6 Å². The lowest BCUT2D eigenvalue weighted by Crippen LogP contribution is -2.27. The Labute approximate surface area is 98.8 Å². The minimum Gasteiger partial charge on any atom is -0.300 e. The van der Waals surface area contributed by atoms with Crippen LogP contribution in [-0.2, 0) is 9.59 Å². The van der Waals surface area contributed by atoms with Crippen molar-refractivity contribution in [1.82, 2.24) is 0 Å². The fourth-order valence-corrected chi connectivity index (χ4v) is 3.14. The molecule has 16 heavy (non-hydrogen) atoms. The minimum absolute atomic E-state index is 0.171. The molecule has 2 heteroatoms. The molecule has 4 atom stereocenters. The topological polar surface area (TPSA) is 34.1 Å². The number of hydrogen-bond donors (Lipinski definition) is 0. The number of Topliss-reactive ketones (excluding diaryl/α,β-unsaturated/α-hetero) is 2. The maximum absolute atomic E-state index is 11.6. The van der Waals surface area contributed by atoms with Crippen molar-refractivity contribution in [2.75, 3.05) is 0 Å². The van der Waals surface area contributed by atoms with Gasteiger partial charge in [-0.1, -0.05) is 13.8 Å². The average molecular weight is 224 g/mol. The van der Waals surface area contributed by atoms with Gasteiger partial charge in [0.05, 0.1) is 0 Å². The van der Waals surface area contributed by atoms with Gasteiger partial charge >= 0.3 is 0 Å². The van der Waals surface area contributed by atoms with Gasteiger partial charge in [-0.3, -0.25) is 9.59 Å². The molecule has 1 rings (SSSR count). The SMILES string of the molecule is CC(=O)C1CCC(C(C)=O)C(C)CC(C)C1. The highest BCUT2D eigenvalue weighted by atomic mass is 16.1. The van der Waals surface area contributed by atoms with Gasteiger partial charge in [0.1, 0.15) is 11.6 Å². The van der Waals surface area contributed by atoms with E-state index < -0.39 is 0 Å². The summed E-state index contributed by atoms with van der Waals surface area (Å²) in [6.07, 6.45) is 3.88. The van der Waals surface area contributed by atoms with Gasteiger partial charge in [-0.15, -0.1) is 0 Å². The molecular formula is C14H24O2. The van der Waals surface area contributed by atoms with Gasteiger partial charge in [-0.05, 0) is 51.4 Å². The minimum atomic E-state index is 0.171. The summed E-state index contributed by atoms with van der Waals surface area (Å²) >= 11 is 0. The number of hydrogen-bond acceptors (Lipinski definition) is 2. The van der Waals surface area contributed by atoms with E-state index in [-0.39, 0.29) is 11.8 Å². The Morgan fingerprint density at radius 2 is 1.56 bits per heavy atom. The first kappa shape index (κ1) is 13.4. The molecular weight excluding hydrogens is 200 g/mol. The predicted molar refractivity (Wildman–Crippen MR) is 65.1 cm³/mol. The van der Waals surface area contributed by atoms with Gasteiger partial charge in [0.25, 0.3) is 0 Å². The maximum Gasteiger partial charge on any atom is 0.133 e. The summed E-state index contributed by atoms with van der Waals surface area (Å²) in [6, 6.07) is 0. The smallest absolute Gasteiger partial charge is 0.133 e. The zero-order chi connectivity index (χ0) is 12.3. The second kappa shape index (κ2) is 5.60. The van der Waals surface area contributed by atoms with Crippen molar-refractivity contribution in [3.63, 3.8) is 0 Å². The molecule has 0 N–H and O–H groups in total. The van der Waals surface area contributed by atoms with E-state index in [1.165, 1.54) is 0 Å². The van der Waals surface area contributed by atoms with Crippen LogP contribution in [0.5, 0.6) is 0 Å². The third kappa shape index (κ3) is 3.43. The first-order valence-corrected chi connectivity index (χ1v) is 6.42. The van der Waals surface area contributed by atoms with Gasteiger partial charge in [-0.2, -0.15) is 0 Å². The van der Waals surface area contributed by atoms with Gasteiger partial charge < -0.3 is 0 Å². The van der Waals surface area contributed by atoms with E-state index in [2.05, 4.69) is 13.8 Å². The molecule has 1 saturated carbocycles. The molecule has 0 aromatic rings. The zero-order valence-corrected chi connectivity index (χ0v) is 11.0. The third-order valence-electron chi connectivity index (χ3n) is 4.07. The lowest BCUT2D eigenvalue weighted by Gasteiger charge is -2.30. The van der Waals surface area contributed by atoms with E-state index in [1.807, 2.05) is 0 Å². The van der Waals surface area contributed by atoms with Crippen LogP contribution >= 0.6 is 0 Å². The van der Waals surface area contributed by atoms with Crippen molar-refractivity contribution in [2.45, 2.75) is 53.4 Å². The van der Waals surface area contributed by atoms with Crippen molar-refractivity contribution in [3.8, 4) is 0 Å². The first-order chi connectivity index (χ1) is 7.41. The molecule has 92 valence electrons. The van der Waals surface area contributed by atoms with Gasteiger partial charge in [0.2, 0.25) is 0 Å². The molecule has 0 aliphatic heterocycles. The normalized spacial score (nSPS) is 36.2. The fourth-order valence-electron chi connectivity index (χ4n) is 3.14. The summed E-state index contributed by atoms with van der Waals surface area (Å²) in [7, 11) is 0. The molecule has 0 bridgehead atoms. The van der Waals surface area contributed by atoms with Gasteiger partial charge in [-0.25, -0.2) is 0 Å². The van der Waals surface area contributed by atoms with Crippen LogP contribution < -0.4 is 0 Å². The van der Waals surface area contributed by atoms with Crippen LogP contribution in [0.2, 0.25) is 0 Å². The Bertz CT molecular complexity index is 270. The van der Waals surface area contributed by atoms with Crippen LogP contribution in [0.1, 0.15) is 53.4 Å². The maximum atomic E-state index is 11.6. The Kier molecular flexibility index (Phi) is 4.69. The van der Waals surface area contributed by atoms with Gasteiger partial charge in [0, 0.05) is 11.8 Å². The highest BCUT2D eigenvalue weighted by Gasteiger charge is 2.29. The van der Waals surface area contributed by atoms with Crippen LogP contribution in [0.25, 0.3) is 0 Å². The summed E-state index contributed by atoms with van der Waals surface area (Å²) in [5.41, 5.74) is 0. The monoisotopic (exact) mass is 224 g/mol. The summed E-state index contributed by atoms with van der Waals surface area (Å²) in [6.45, 7) is 7.76. The molecule has 1 aliphatic carbocycles. The molecule has 1 fully saturated rings. The Morgan fingerprint density at radius 3 is 2.06 bits per heavy atom. The van der Waals surface area contributed by atoms with Crippen molar-refractivity contribution >= 4 is 11.6 Å².